The SMILES string of the molecule is COC(=S)C1CC1. The molecule has 1 saturated carbocycles. The molecule has 0 aromatic rings. The molecule has 0 amide bonds. The van der Waals surface area contributed by atoms with Crippen LogP contribution in [0.2, 0.25) is 0 Å². The zero-order valence-electron chi connectivity index (χ0n) is 4.31. The molecule has 0 aromatic heterocycles. The molecule has 0 radical (unpaired) electrons. The molecular formula is C5H8OS. The smallest absolute Gasteiger partial charge is 0.162 e. The van der Waals surface area contributed by atoms with Gasteiger partial charge in [-0.25, -0.2) is 0 Å². The Morgan fingerprint density at radius 2 is 2.29 bits per heavy atom. The van der Waals surface area contributed by atoms with Crippen LogP contribution in [0.15, 0.2) is 0 Å². The first-order valence-electron chi connectivity index (χ1n) is 2.42. The monoisotopic (exact) mass is 116 g/mol. The van der Waals surface area contributed by atoms with Crippen LogP contribution in [0.1, 0.15) is 12.8 Å². The van der Waals surface area contributed by atoms with Crippen molar-refractivity contribution in [3.05, 3.63) is 0 Å². The zero-order chi connectivity index (χ0) is 5.28. The van der Waals surface area contributed by atoms with Gasteiger partial charge in [-0.2, -0.15) is 0 Å². The number of methoxy groups -OCH3 is 1. The van der Waals surface area contributed by atoms with E-state index < -0.39 is 0 Å². The Labute approximate surface area is 48.7 Å². The lowest BCUT2D eigenvalue weighted by Crippen LogP contribution is -1.97. The van der Waals surface area contributed by atoms with E-state index in [1.165, 1.54) is 12.8 Å². The summed E-state index contributed by atoms with van der Waals surface area (Å²) in [6.07, 6.45) is 2.49. The van der Waals surface area contributed by atoms with Gasteiger partial charge in [0.05, 0.1) is 7.11 Å². The van der Waals surface area contributed by atoms with Crippen LogP contribution in [0, 0.1) is 5.92 Å². The van der Waals surface area contributed by atoms with Crippen molar-refractivity contribution in [1.29, 1.82) is 0 Å². The van der Waals surface area contributed by atoms with Crippen LogP contribution in [0.3, 0.4) is 0 Å². The second kappa shape index (κ2) is 1.78. The van der Waals surface area contributed by atoms with Gasteiger partial charge in [0.15, 0.2) is 5.05 Å². The van der Waals surface area contributed by atoms with Crippen molar-refractivity contribution in [3.63, 3.8) is 0 Å². The van der Waals surface area contributed by atoms with Gasteiger partial charge >= 0.3 is 0 Å². The Bertz CT molecular complexity index is 86.1. The molecule has 1 aliphatic rings. The molecular weight excluding hydrogens is 108 g/mol. The first-order valence-corrected chi connectivity index (χ1v) is 2.83. The maximum Gasteiger partial charge on any atom is 0.162 e. The molecule has 1 nitrogen and oxygen atoms in total. The van der Waals surface area contributed by atoms with Crippen molar-refractivity contribution >= 4 is 17.3 Å². The molecule has 0 unspecified atom stereocenters. The Balaban J connectivity index is 2.24. The number of hydrogen-bond acceptors (Lipinski definition) is 2. The van der Waals surface area contributed by atoms with E-state index >= 15 is 0 Å². The van der Waals surface area contributed by atoms with Crippen molar-refractivity contribution in [3.8, 4) is 0 Å². The van der Waals surface area contributed by atoms with Gasteiger partial charge in [0.25, 0.3) is 0 Å². The van der Waals surface area contributed by atoms with Crippen molar-refractivity contribution in [2.24, 2.45) is 5.92 Å². The van der Waals surface area contributed by atoms with Gasteiger partial charge < -0.3 is 4.74 Å². The first-order chi connectivity index (χ1) is 3.34. The molecule has 2 heteroatoms. The maximum atomic E-state index is 4.82. The third-order valence-corrected chi connectivity index (χ3v) is 1.61. The molecule has 0 aromatic carbocycles. The van der Waals surface area contributed by atoms with E-state index in [-0.39, 0.29) is 0 Å². The minimum Gasteiger partial charge on any atom is -0.490 e. The summed E-state index contributed by atoms with van der Waals surface area (Å²) in [6.45, 7) is 0. The predicted molar refractivity (Wildman–Crippen MR) is 32.3 cm³/mol. The standard InChI is InChI=1S/C5H8OS/c1-6-5(7)4-2-3-4/h4H,2-3H2,1H3. The van der Waals surface area contributed by atoms with E-state index in [2.05, 4.69) is 0 Å². The second-order valence-electron chi connectivity index (χ2n) is 1.80. The fourth-order valence-corrected chi connectivity index (χ4v) is 0.721. The van der Waals surface area contributed by atoms with Gasteiger partial charge in [-0.3, -0.25) is 0 Å². The summed E-state index contributed by atoms with van der Waals surface area (Å²) in [5.41, 5.74) is 0. The van der Waals surface area contributed by atoms with E-state index in [4.69, 9.17) is 17.0 Å². The zero-order valence-corrected chi connectivity index (χ0v) is 5.12. The van der Waals surface area contributed by atoms with Gasteiger partial charge in [-0.05, 0) is 25.1 Å². The van der Waals surface area contributed by atoms with E-state index in [9.17, 15) is 0 Å². The molecule has 0 N–H and O–H groups in total. The van der Waals surface area contributed by atoms with Crippen LogP contribution in [0.25, 0.3) is 0 Å². The van der Waals surface area contributed by atoms with Crippen LogP contribution in [0.4, 0.5) is 0 Å². The quantitative estimate of drug-likeness (QED) is 0.478. The Morgan fingerprint density at radius 1 is 1.71 bits per heavy atom. The molecule has 7 heavy (non-hydrogen) atoms. The number of hydrogen-bond donors (Lipinski definition) is 0. The fourth-order valence-electron chi connectivity index (χ4n) is 0.486. The van der Waals surface area contributed by atoms with Gasteiger partial charge in [0, 0.05) is 5.92 Å². The van der Waals surface area contributed by atoms with Gasteiger partial charge in [0.1, 0.15) is 0 Å². The summed E-state index contributed by atoms with van der Waals surface area (Å²) in [5, 5.41) is 0.792. The number of rotatable bonds is 1. The average molecular weight is 116 g/mol. The minimum absolute atomic E-state index is 0.625. The molecule has 1 aliphatic carbocycles. The molecule has 0 atom stereocenters. The third-order valence-electron chi connectivity index (χ3n) is 1.11. The Morgan fingerprint density at radius 3 is 2.43 bits per heavy atom. The third kappa shape index (κ3) is 1.13. The van der Waals surface area contributed by atoms with E-state index in [0.717, 1.165) is 5.05 Å². The summed E-state index contributed by atoms with van der Waals surface area (Å²) in [4.78, 5) is 0. The van der Waals surface area contributed by atoms with Crippen LogP contribution < -0.4 is 0 Å². The van der Waals surface area contributed by atoms with Crippen molar-refractivity contribution < 1.29 is 4.74 Å². The molecule has 0 aliphatic heterocycles. The summed E-state index contributed by atoms with van der Waals surface area (Å²) < 4.78 is 4.81. The highest BCUT2D eigenvalue weighted by molar-refractivity contribution is 7.80. The Hall–Kier alpha value is -0.110. The van der Waals surface area contributed by atoms with E-state index in [1.807, 2.05) is 0 Å². The normalized spacial score (nSPS) is 19.0. The summed E-state index contributed by atoms with van der Waals surface area (Å²) in [5.74, 6) is 0.625. The molecule has 40 valence electrons. The molecule has 0 bridgehead atoms. The van der Waals surface area contributed by atoms with Crippen molar-refractivity contribution in [1.82, 2.24) is 0 Å². The molecule has 0 heterocycles. The van der Waals surface area contributed by atoms with Crippen molar-refractivity contribution in [2.75, 3.05) is 7.11 Å². The van der Waals surface area contributed by atoms with Crippen LogP contribution in [-0.2, 0) is 4.74 Å². The lowest BCUT2D eigenvalue weighted by molar-refractivity contribution is 0.399. The van der Waals surface area contributed by atoms with Crippen LogP contribution in [-0.4, -0.2) is 12.2 Å². The highest BCUT2D eigenvalue weighted by atomic mass is 32.1. The minimum atomic E-state index is 0.625. The lowest BCUT2D eigenvalue weighted by Gasteiger charge is -1.94. The lowest BCUT2D eigenvalue weighted by atomic mass is 10.5. The molecule has 0 spiro atoms. The largest absolute Gasteiger partial charge is 0.490 e. The number of thiocarbonyl (C=S) groups is 1. The fraction of sp³-hybridized carbons (Fsp3) is 0.800. The van der Waals surface area contributed by atoms with E-state index in [0.29, 0.717) is 5.92 Å². The maximum absolute atomic E-state index is 4.82. The predicted octanol–water partition coefficient (Wildman–Crippen LogP) is 1.37. The molecule has 1 fully saturated rings. The summed E-state index contributed by atoms with van der Waals surface area (Å²) >= 11 is 4.82. The Kier molecular flexibility index (Phi) is 1.28. The van der Waals surface area contributed by atoms with Crippen molar-refractivity contribution in [2.45, 2.75) is 12.8 Å². The molecule has 1 rings (SSSR count). The van der Waals surface area contributed by atoms with Gasteiger partial charge in [0.2, 0.25) is 0 Å². The summed E-state index contributed by atoms with van der Waals surface area (Å²) in [6, 6.07) is 0. The summed E-state index contributed by atoms with van der Waals surface area (Å²) in [7, 11) is 1.64. The van der Waals surface area contributed by atoms with Gasteiger partial charge in [-0.1, -0.05) is 0 Å². The highest BCUT2D eigenvalue weighted by Crippen LogP contribution is 2.30. The molecule has 0 saturated heterocycles. The van der Waals surface area contributed by atoms with Crippen LogP contribution >= 0.6 is 12.2 Å². The van der Waals surface area contributed by atoms with Gasteiger partial charge in [-0.15, -0.1) is 0 Å². The number of ether oxygens (including phenoxy) is 1. The second-order valence-corrected chi connectivity index (χ2v) is 2.20. The van der Waals surface area contributed by atoms with Crippen LogP contribution in [0.5, 0.6) is 0 Å². The first kappa shape index (κ1) is 5.04. The topological polar surface area (TPSA) is 9.23 Å². The average Bonchev–Trinajstić information content (AvgIpc) is 2.44. The highest BCUT2D eigenvalue weighted by Gasteiger charge is 2.26. The van der Waals surface area contributed by atoms with E-state index in [1.54, 1.807) is 7.11 Å².